The van der Waals surface area contributed by atoms with Gasteiger partial charge in [-0.05, 0) is 55.5 Å². The van der Waals surface area contributed by atoms with E-state index >= 15 is 0 Å². The maximum absolute atomic E-state index is 13.5. The molecule has 4 aromatic rings. The predicted octanol–water partition coefficient (Wildman–Crippen LogP) is 6.04. The summed E-state index contributed by atoms with van der Waals surface area (Å²) >= 11 is 0. The van der Waals surface area contributed by atoms with E-state index < -0.39 is 11.7 Å². The van der Waals surface area contributed by atoms with Gasteiger partial charge in [-0.2, -0.15) is 18.3 Å². The lowest BCUT2D eigenvalue weighted by molar-refractivity contribution is -0.137. The van der Waals surface area contributed by atoms with Gasteiger partial charge in [0.05, 0.1) is 11.8 Å². The molecule has 0 aliphatic heterocycles. The first-order valence-electron chi connectivity index (χ1n) is 13.1. The largest absolute Gasteiger partial charge is 0.417 e. The van der Waals surface area contributed by atoms with Crippen LogP contribution in [0.15, 0.2) is 79.4 Å². The highest BCUT2D eigenvalue weighted by molar-refractivity contribution is 5.91. The fraction of sp³-hybridized carbons (Fsp3) is 0.310. The average Bonchev–Trinajstić information content (AvgIpc) is 3.40. The third-order valence-electron chi connectivity index (χ3n) is 7.04. The smallest absolute Gasteiger partial charge is 0.367 e. The van der Waals surface area contributed by atoms with Crippen LogP contribution in [0, 0.1) is 0 Å². The van der Waals surface area contributed by atoms with E-state index in [1.165, 1.54) is 6.07 Å². The first kappa shape index (κ1) is 27.2. The van der Waals surface area contributed by atoms with E-state index in [0.717, 1.165) is 41.8 Å². The number of hydrogen-bond donors (Lipinski definition) is 2. The third-order valence-corrected chi connectivity index (χ3v) is 7.04. The molecule has 1 aromatic carbocycles. The summed E-state index contributed by atoms with van der Waals surface area (Å²) in [5.74, 6) is 0.959. The molecule has 40 heavy (non-hydrogen) atoms. The van der Waals surface area contributed by atoms with Gasteiger partial charge >= 0.3 is 12.2 Å². The number of anilines is 2. The maximum Gasteiger partial charge on any atom is 0.417 e. The SMILES string of the molecule is Cn1cc(-c2ccc(N(C(=O)NCc3ccccc3)[C@H]3CC[C@H](Nc4ccc(C(F)(F)F)cn4)CC3)nc2)cn1. The summed E-state index contributed by atoms with van der Waals surface area (Å²) in [5, 5.41) is 10.5. The number of alkyl halides is 3. The number of halogens is 3. The van der Waals surface area contributed by atoms with Crippen molar-refractivity contribution in [2.24, 2.45) is 7.05 Å². The number of hydrogen-bond acceptors (Lipinski definition) is 5. The van der Waals surface area contributed by atoms with Gasteiger partial charge < -0.3 is 10.6 Å². The molecule has 208 valence electrons. The molecule has 11 heteroatoms. The van der Waals surface area contributed by atoms with Gasteiger partial charge in [0.15, 0.2) is 0 Å². The molecule has 1 fully saturated rings. The zero-order valence-electron chi connectivity index (χ0n) is 22.0. The first-order chi connectivity index (χ1) is 19.3. The van der Waals surface area contributed by atoms with Crippen molar-refractivity contribution in [3.05, 3.63) is 90.5 Å². The maximum atomic E-state index is 13.5. The quantitative estimate of drug-likeness (QED) is 0.294. The van der Waals surface area contributed by atoms with E-state index in [0.29, 0.717) is 31.0 Å². The number of nitrogens with zero attached hydrogens (tertiary/aromatic N) is 5. The predicted molar refractivity (Wildman–Crippen MR) is 147 cm³/mol. The molecule has 2 amide bonds. The van der Waals surface area contributed by atoms with Gasteiger partial charge in [-0.15, -0.1) is 0 Å². The van der Waals surface area contributed by atoms with E-state index in [-0.39, 0.29) is 18.1 Å². The number of benzene rings is 1. The van der Waals surface area contributed by atoms with Crippen LogP contribution in [0.4, 0.5) is 29.6 Å². The lowest BCUT2D eigenvalue weighted by atomic mass is 9.90. The normalized spacial score (nSPS) is 17.3. The van der Waals surface area contributed by atoms with Gasteiger partial charge in [-0.25, -0.2) is 14.8 Å². The van der Waals surface area contributed by atoms with Gasteiger partial charge in [-0.3, -0.25) is 9.58 Å². The van der Waals surface area contributed by atoms with Crippen LogP contribution in [0.2, 0.25) is 0 Å². The van der Waals surface area contributed by atoms with Crippen LogP contribution >= 0.6 is 0 Å². The fourth-order valence-electron chi connectivity index (χ4n) is 4.92. The molecule has 8 nitrogen and oxygen atoms in total. The molecular formula is C29H30F3N7O. The lowest BCUT2D eigenvalue weighted by Gasteiger charge is -2.36. The minimum atomic E-state index is -4.42. The van der Waals surface area contributed by atoms with Gasteiger partial charge in [0.1, 0.15) is 11.6 Å². The van der Waals surface area contributed by atoms with E-state index in [2.05, 4.69) is 25.7 Å². The summed E-state index contributed by atoms with van der Waals surface area (Å²) in [4.78, 5) is 23.8. The van der Waals surface area contributed by atoms with Crippen LogP contribution in [-0.2, 0) is 19.8 Å². The van der Waals surface area contributed by atoms with Crippen molar-refractivity contribution in [1.82, 2.24) is 25.1 Å². The van der Waals surface area contributed by atoms with E-state index in [1.54, 1.807) is 22.0 Å². The van der Waals surface area contributed by atoms with Crippen molar-refractivity contribution in [3.63, 3.8) is 0 Å². The second kappa shape index (κ2) is 11.8. The minimum absolute atomic E-state index is 0.0376. The molecule has 0 spiro atoms. The second-order valence-electron chi connectivity index (χ2n) is 9.90. The van der Waals surface area contributed by atoms with Crippen LogP contribution in [0.3, 0.4) is 0 Å². The van der Waals surface area contributed by atoms with Crippen molar-refractivity contribution in [2.75, 3.05) is 10.2 Å². The molecule has 1 saturated carbocycles. The zero-order valence-corrected chi connectivity index (χ0v) is 22.0. The van der Waals surface area contributed by atoms with Crippen molar-refractivity contribution in [2.45, 2.75) is 50.5 Å². The Labute approximate surface area is 230 Å². The molecule has 1 aliphatic carbocycles. The van der Waals surface area contributed by atoms with Gasteiger partial charge in [0, 0.05) is 55.4 Å². The van der Waals surface area contributed by atoms with E-state index in [1.807, 2.05) is 55.7 Å². The Bertz CT molecular complexity index is 1400. The van der Waals surface area contributed by atoms with Crippen molar-refractivity contribution < 1.29 is 18.0 Å². The number of amides is 2. The Morgan fingerprint density at radius 1 is 0.950 bits per heavy atom. The number of carbonyl (C=O) groups excluding carboxylic acids is 1. The van der Waals surface area contributed by atoms with E-state index in [9.17, 15) is 18.0 Å². The number of pyridine rings is 2. The fourth-order valence-corrected chi connectivity index (χ4v) is 4.92. The molecule has 3 aromatic heterocycles. The minimum Gasteiger partial charge on any atom is -0.367 e. The number of nitrogens with one attached hydrogen (secondary N) is 2. The Kier molecular flexibility index (Phi) is 7.99. The summed E-state index contributed by atoms with van der Waals surface area (Å²) in [5.41, 5.74) is 2.05. The first-order valence-corrected chi connectivity index (χ1v) is 13.1. The molecule has 1 aliphatic rings. The van der Waals surface area contributed by atoms with Crippen LogP contribution in [0.5, 0.6) is 0 Å². The highest BCUT2D eigenvalue weighted by Gasteiger charge is 2.32. The van der Waals surface area contributed by atoms with Gasteiger partial charge in [0.2, 0.25) is 0 Å². The molecule has 0 unspecified atom stereocenters. The van der Waals surface area contributed by atoms with Crippen LogP contribution in [0.25, 0.3) is 11.1 Å². The number of rotatable bonds is 7. The van der Waals surface area contributed by atoms with Crippen LogP contribution < -0.4 is 15.5 Å². The molecule has 0 radical (unpaired) electrons. The average molecular weight is 550 g/mol. The van der Waals surface area contributed by atoms with Crippen molar-refractivity contribution in [1.29, 1.82) is 0 Å². The second-order valence-corrected chi connectivity index (χ2v) is 9.90. The Balaban J connectivity index is 1.28. The van der Waals surface area contributed by atoms with Crippen molar-refractivity contribution >= 4 is 17.7 Å². The van der Waals surface area contributed by atoms with Crippen LogP contribution in [-0.4, -0.2) is 37.9 Å². The third kappa shape index (κ3) is 6.59. The highest BCUT2D eigenvalue weighted by atomic mass is 19.4. The summed E-state index contributed by atoms with van der Waals surface area (Å²) < 4.78 is 40.3. The standard InChI is InChI=1S/C29H30F3N7O/c1-38-19-22(17-36-38)21-7-14-27(34-16-21)39(28(40)35-15-20-5-3-2-4-6-20)25-11-9-24(10-12-25)37-26-13-8-23(18-33-26)29(30,31)32/h2-8,13-14,16-19,24-25H,9-12,15H2,1H3,(H,33,37)(H,35,40)/t24-,25-. The Hall–Kier alpha value is -4.41. The van der Waals surface area contributed by atoms with E-state index in [4.69, 9.17) is 0 Å². The Morgan fingerprint density at radius 2 is 1.73 bits per heavy atom. The highest BCUT2D eigenvalue weighted by Crippen LogP contribution is 2.31. The number of urea groups is 1. The van der Waals surface area contributed by atoms with Gasteiger partial charge in [0.25, 0.3) is 0 Å². The molecule has 2 N–H and O–H groups in total. The summed E-state index contributed by atoms with van der Waals surface area (Å²) in [6.45, 7) is 0.389. The Morgan fingerprint density at radius 3 is 2.33 bits per heavy atom. The molecule has 5 rings (SSSR count). The zero-order chi connectivity index (χ0) is 28.1. The topological polar surface area (TPSA) is 88.0 Å². The van der Waals surface area contributed by atoms with Crippen molar-refractivity contribution in [3.8, 4) is 11.1 Å². The number of aromatic nitrogens is 4. The molecule has 0 bridgehead atoms. The summed E-state index contributed by atoms with van der Waals surface area (Å²) in [6.07, 6.45) is 4.68. The summed E-state index contributed by atoms with van der Waals surface area (Å²) in [6, 6.07) is 15.6. The monoisotopic (exact) mass is 549 g/mol. The summed E-state index contributed by atoms with van der Waals surface area (Å²) in [7, 11) is 1.85. The van der Waals surface area contributed by atoms with Gasteiger partial charge in [-0.1, -0.05) is 30.3 Å². The molecule has 0 saturated heterocycles. The number of aryl methyl sites for hydroxylation is 1. The lowest BCUT2D eigenvalue weighted by Crippen LogP contribution is -2.49. The van der Waals surface area contributed by atoms with Crippen LogP contribution in [0.1, 0.15) is 36.8 Å². The number of carbonyl (C=O) groups is 1. The molecule has 3 heterocycles. The molecule has 0 atom stereocenters. The molecular weight excluding hydrogens is 519 g/mol.